The van der Waals surface area contributed by atoms with E-state index in [0.29, 0.717) is 0 Å². The zero-order valence-corrected chi connectivity index (χ0v) is 10.2. The molecule has 0 unspecified atom stereocenters. The lowest BCUT2D eigenvalue weighted by Crippen LogP contribution is -2.35. The first-order valence-electron chi connectivity index (χ1n) is 4.39. The van der Waals surface area contributed by atoms with E-state index in [1.54, 1.807) is 14.2 Å². The minimum atomic E-state index is -1.77. The molecule has 0 bridgehead atoms. The number of rotatable bonds is 7. The molecule has 0 saturated carbocycles. The third-order valence-corrected chi connectivity index (χ3v) is 5.46. The van der Waals surface area contributed by atoms with Gasteiger partial charge in [0.1, 0.15) is 0 Å². The normalized spacial score (nSPS) is 12.0. The van der Waals surface area contributed by atoms with Gasteiger partial charge >= 0.3 is 8.56 Å². The zero-order chi connectivity index (χ0) is 9.45. The fourth-order valence-corrected chi connectivity index (χ4v) is 2.71. The van der Waals surface area contributed by atoms with Gasteiger partial charge in [-0.15, -0.1) is 0 Å². The summed E-state index contributed by atoms with van der Waals surface area (Å²) < 4.78 is 10.7. The molecule has 0 amide bonds. The highest BCUT2D eigenvalue weighted by atomic mass is 32.1. The Balaban J connectivity index is 3.45. The average Bonchev–Trinajstić information content (AvgIpc) is 2.12. The second-order valence-corrected chi connectivity index (χ2v) is 7.11. The monoisotopic (exact) mass is 208 g/mol. The van der Waals surface area contributed by atoms with Crippen molar-refractivity contribution in [1.29, 1.82) is 0 Å². The van der Waals surface area contributed by atoms with Crippen LogP contribution < -0.4 is 0 Å². The molecule has 0 aliphatic carbocycles. The third-order valence-electron chi connectivity index (χ3n) is 2.15. The second-order valence-electron chi connectivity index (χ2n) is 3.08. The summed E-state index contributed by atoms with van der Waals surface area (Å²) in [4.78, 5) is 0. The molecule has 0 spiro atoms. The van der Waals surface area contributed by atoms with Crippen LogP contribution in [0.25, 0.3) is 0 Å². The Labute approximate surface area is 82.3 Å². The highest BCUT2D eigenvalue weighted by Gasteiger charge is 2.27. The Kier molecular flexibility index (Phi) is 7.23. The minimum absolute atomic E-state index is 0.984. The first-order chi connectivity index (χ1) is 5.68. The van der Waals surface area contributed by atoms with Crippen LogP contribution in [0, 0.1) is 0 Å². The second kappa shape index (κ2) is 6.94. The van der Waals surface area contributed by atoms with Crippen LogP contribution >= 0.6 is 12.6 Å². The number of hydrogen-bond donors (Lipinski definition) is 1. The van der Waals surface area contributed by atoms with Crippen molar-refractivity contribution in [2.24, 2.45) is 0 Å². The summed E-state index contributed by atoms with van der Waals surface area (Å²) in [5.41, 5.74) is 0. The van der Waals surface area contributed by atoms with E-state index in [9.17, 15) is 0 Å². The lowest BCUT2D eigenvalue weighted by Gasteiger charge is -2.22. The molecule has 0 atom stereocenters. The van der Waals surface area contributed by atoms with Gasteiger partial charge in [0.2, 0.25) is 0 Å². The molecule has 0 aromatic heterocycles. The summed E-state index contributed by atoms with van der Waals surface area (Å²) in [6.45, 7) is 2.10. The summed E-state index contributed by atoms with van der Waals surface area (Å²) >= 11 is 4.16. The first-order valence-corrected chi connectivity index (χ1v) is 7.55. The largest absolute Gasteiger partial charge is 0.398 e. The van der Waals surface area contributed by atoms with Gasteiger partial charge in [0.25, 0.3) is 0 Å². The molecule has 0 rings (SSSR count). The van der Waals surface area contributed by atoms with Crippen LogP contribution in [0.15, 0.2) is 0 Å². The maximum atomic E-state index is 5.36. The standard InChI is InChI=1S/C8H20O2SSi/c1-9-12(3,10-2)8-6-4-5-7-11/h11H,4-8H2,1-3H3. The summed E-state index contributed by atoms with van der Waals surface area (Å²) in [6, 6.07) is 1.09. The Morgan fingerprint density at radius 1 is 1.08 bits per heavy atom. The minimum Gasteiger partial charge on any atom is -0.398 e. The Morgan fingerprint density at radius 2 is 1.67 bits per heavy atom. The van der Waals surface area contributed by atoms with E-state index in [1.807, 2.05) is 0 Å². The Bertz CT molecular complexity index is 107. The number of hydrogen-bond acceptors (Lipinski definition) is 3. The molecule has 12 heavy (non-hydrogen) atoms. The van der Waals surface area contributed by atoms with Gasteiger partial charge in [-0.3, -0.25) is 0 Å². The van der Waals surface area contributed by atoms with Crippen molar-refractivity contribution in [1.82, 2.24) is 0 Å². The quantitative estimate of drug-likeness (QED) is 0.393. The van der Waals surface area contributed by atoms with Gasteiger partial charge < -0.3 is 8.85 Å². The van der Waals surface area contributed by atoms with Gasteiger partial charge in [-0.25, -0.2) is 0 Å². The van der Waals surface area contributed by atoms with Crippen LogP contribution in [0.5, 0.6) is 0 Å². The average molecular weight is 208 g/mol. The van der Waals surface area contributed by atoms with Crippen molar-refractivity contribution in [3.63, 3.8) is 0 Å². The van der Waals surface area contributed by atoms with Crippen LogP contribution in [0.3, 0.4) is 0 Å². The molecule has 0 fully saturated rings. The SMILES string of the molecule is CO[Si](C)(CCCCCS)OC. The van der Waals surface area contributed by atoms with Gasteiger partial charge in [0.15, 0.2) is 0 Å². The van der Waals surface area contributed by atoms with Crippen molar-refractivity contribution in [3.8, 4) is 0 Å². The van der Waals surface area contributed by atoms with Crippen LogP contribution in [-0.4, -0.2) is 28.5 Å². The van der Waals surface area contributed by atoms with E-state index >= 15 is 0 Å². The zero-order valence-electron chi connectivity index (χ0n) is 8.30. The summed E-state index contributed by atoms with van der Waals surface area (Å²) in [7, 11) is 1.72. The summed E-state index contributed by atoms with van der Waals surface area (Å²) in [5.74, 6) is 0.984. The lowest BCUT2D eigenvalue weighted by atomic mass is 10.3. The fourth-order valence-electron chi connectivity index (χ4n) is 1.02. The molecule has 0 radical (unpaired) electrons. The van der Waals surface area contributed by atoms with Crippen molar-refractivity contribution >= 4 is 21.2 Å². The van der Waals surface area contributed by atoms with Crippen LogP contribution in [0.4, 0.5) is 0 Å². The Morgan fingerprint density at radius 3 is 2.08 bits per heavy atom. The van der Waals surface area contributed by atoms with Crippen molar-refractivity contribution in [2.75, 3.05) is 20.0 Å². The van der Waals surface area contributed by atoms with Crippen molar-refractivity contribution < 1.29 is 8.85 Å². The van der Waals surface area contributed by atoms with Gasteiger partial charge in [0, 0.05) is 14.2 Å². The maximum absolute atomic E-state index is 5.36. The highest BCUT2D eigenvalue weighted by Crippen LogP contribution is 2.15. The first kappa shape index (κ1) is 12.5. The van der Waals surface area contributed by atoms with E-state index in [-0.39, 0.29) is 0 Å². The molecular weight excluding hydrogens is 188 g/mol. The van der Waals surface area contributed by atoms with Crippen LogP contribution in [0.2, 0.25) is 12.6 Å². The maximum Gasteiger partial charge on any atom is 0.334 e. The molecule has 0 heterocycles. The van der Waals surface area contributed by atoms with Gasteiger partial charge in [-0.05, 0) is 24.8 Å². The van der Waals surface area contributed by atoms with Gasteiger partial charge in [-0.1, -0.05) is 12.8 Å². The predicted octanol–water partition coefficient (Wildman–Crippen LogP) is 2.45. The number of thiol groups is 1. The highest BCUT2D eigenvalue weighted by molar-refractivity contribution is 7.80. The van der Waals surface area contributed by atoms with E-state index in [4.69, 9.17) is 8.85 Å². The van der Waals surface area contributed by atoms with E-state index in [2.05, 4.69) is 19.2 Å². The molecule has 0 saturated heterocycles. The third kappa shape index (κ3) is 5.19. The molecule has 0 aromatic rings. The van der Waals surface area contributed by atoms with E-state index in [1.165, 1.54) is 19.3 Å². The molecule has 4 heteroatoms. The molecule has 0 aliphatic rings. The van der Waals surface area contributed by atoms with Crippen molar-refractivity contribution in [3.05, 3.63) is 0 Å². The number of unbranched alkanes of at least 4 members (excludes halogenated alkanes) is 2. The van der Waals surface area contributed by atoms with Gasteiger partial charge in [0.05, 0.1) is 0 Å². The van der Waals surface area contributed by atoms with Crippen LogP contribution in [-0.2, 0) is 8.85 Å². The molecule has 0 aliphatic heterocycles. The predicted molar refractivity (Wildman–Crippen MR) is 58.1 cm³/mol. The molecule has 0 N–H and O–H groups in total. The molecule has 2 nitrogen and oxygen atoms in total. The topological polar surface area (TPSA) is 18.5 Å². The molecule has 0 aromatic carbocycles. The van der Waals surface area contributed by atoms with E-state index < -0.39 is 8.56 Å². The Hall–Kier alpha value is 0.487. The fraction of sp³-hybridized carbons (Fsp3) is 1.00. The summed E-state index contributed by atoms with van der Waals surface area (Å²) in [6.07, 6.45) is 3.63. The van der Waals surface area contributed by atoms with E-state index in [0.717, 1.165) is 11.8 Å². The smallest absolute Gasteiger partial charge is 0.334 e. The lowest BCUT2D eigenvalue weighted by molar-refractivity contribution is 0.248. The van der Waals surface area contributed by atoms with Gasteiger partial charge in [-0.2, -0.15) is 12.6 Å². The molecular formula is C8H20O2SSi. The summed E-state index contributed by atoms with van der Waals surface area (Å²) in [5, 5.41) is 0. The van der Waals surface area contributed by atoms with Crippen LogP contribution in [0.1, 0.15) is 19.3 Å². The van der Waals surface area contributed by atoms with Crippen molar-refractivity contribution in [2.45, 2.75) is 31.9 Å². The molecule has 74 valence electrons.